The van der Waals surface area contributed by atoms with Crippen LogP contribution in [0, 0.1) is 12.7 Å². The Balaban J connectivity index is 0.000000336. The van der Waals surface area contributed by atoms with Gasteiger partial charge in [-0.25, -0.2) is 19.2 Å². The van der Waals surface area contributed by atoms with Crippen molar-refractivity contribution in [2.24, 2.45) is 0 Å². The number of rotatable bonds is 2. The van der Waals surface area contributed by atoms with E-state index in [0.717, 1.165) is 11.3 Å². The number of pyridine rings is 2. The van der Waals surface area contributed by atoms with Gasteiger partial charge in [0.15, 0.2) is 5.82 Å². The Kier molecular flexibility index (Phi) is 6.97. The first-order valence-corrected chi connectivity index (χ1v) is 11.3. The number of nitrogens with zero attached hydrogens (tertiary/aromatic N) is 3. The summed E-state index contributed by atoms with van der Waals surface area (Å²) in [5, 5.41) is 15.2. The summed E-state index contributed by atoms with van der Waals surface area (Å²) < 4.78 is 20.5. The van der Waals surface area contributed by atoms with E-state index < -0.39 is 11.9 Å². The van der Waals surface area contributed by atoms with E-state index in [0.29, 0.717) is 35.4 Å². The standard InChI is InChI=1S/C18H16FN5O3.C6H13N/c1-8-11(6-23-17-16(8)21-2-3-27-17)10-4-9-5-13(24-18(25)26)22-7-12(9)15(20)14(10)19;1-7-5-3-2-4-6-7/h4-7,21H,2-3,20H2,1H3,(H,22,24)(H,25,26);2-6H2,1H3. The number of likely N-dealkylation sites (tertiary alicyclic amines) is 1. The van der Waals surface area contributed by atoms with Gasteiger partial charge in [-0.15, -0.1) is 0 Å². The van der Waals surface area contributed by atoms with E-state index in [1.165, 1.54) is 44.6 Å². The van der Waals surface area contributed by atoms with Crippen LogP contribution in [0.15, 0.2) is 24.5 Å². The van der Waals surface area contributed by atoms with Crippen molar-refractivity contribution in [3.05, 3.63) is 35.9 Å². The molecule has 0 radical (unpaired) electrons. The van der Waals surface area contributed by atoms with Crippen LogP contribution in [0.25, 0.3) is 21.9 Å². The van der Waals surface area contributed by atoms with Crippen molar-refractivity contribution in [2.45, 2.75) is 26.2 Å². The second kappa shape index (κ2) is 10.1. The Morgan fingerprint density at radius 1 is 1.21 bits per heavy atom. The van der Waals surface area contributed by atoms with Gasteiger partial charge >= 0.3 is 6.09 Å². The summed E-state index contributed by atoms with van der Waals surface area (Å²) in [4.78, 5) is 21.4. The molecule has 2 aliphatic heterocycles. The number of nitrogens with one attached hydrogen (secondary N) is 2. The lowest BCUT2D eigenvalue weighted by Gasteiger charge is -2.22. The van der Waals surface area contributed by atoms with Crippen LogP contribution in [0.4, 0.5) is 26.4 Å². The van der Waals surface area contributed by atoms with E-state index in [2.05, 4.69) is 32.5 Å². The average molecular weight is 469 g/mol. The Morgan fingerprint density at radius 3 is 2.65 bits per heavy atom. The molecule has 1 fully saturated rings. The molecule has 5 rings (SSSR count). The molecule has 0 unspecified atom stereocenters. The van der Waals surface area contributed by atoms with Crippen LogP contribution in [0.3, 0.4) is 0 Å². The minimum Gasteiger partial charge on any atom is -0.474 e. The van der Waals surface area contributed by atoms with Crippen molar-refractivity contribution in [2.75, 3.05) is 49.7 Å². The second-order valence-corrected chi connectivity index (χ2v) is 8.49. The van der Waals surface area contributed by atoms with Crippen LogP contribution in [0.2, 0.25) is 0 Å². The minimum atomic E-state index is -1.24. The van der Waals surface area contributed by atoms with Crippen molar-refractivity contribution < 1.29 is 19.0 Å². The fraction of sp³-hybridized carbons (Fsp3) is 0.375. The minimum absolute atomic E-state index is 0.0572. The first-order chi connectivity index (χ1) is 16.3. The van der Waals surface area contributed by atoms with E-state index in [1.807, 2.05) is 6.92 Å². The molecule has 4 heterocycles. The number of hydrogen-bond donors (Lipinski definition) is 4. The number of ether oxygens (including phenoxy) is 1. The molecule has 0 saturated carbocycles. The zero-order valence-corrected chi connectivity index (χ0v) is 19.3. The molecule has 2 aliphatic rings. The zero-order valence-electron chi connectivity index (χ0n) is 19.3. The number of piperidine rings is 1. The summed E-state index contributed by atoms with van der Waals surface area (Å²) in [6.07, 6.45) is 5.92. The van der Waals surface area contributed by atoms with Gasteiger partial charge < -0.3 is 25.8 Å². The number of nitrogens with two attached hydrogens (primary N) is 1. The van der Waals surface area contributed by atoms with Gasteiger partial charge in [0.05, 0.1) is 5.69 Å². The van der Waals surface area contributed by atoms with E-state index in [-0.39, 0.29) is 17.1 Å². The summed E-state index contributed by atoms with van der Waals surface area (Å²) >= 11 is 0. The third kappa shape index (κ3) is 4.96. The molecule has 0 spiro atoms. The maximum Gasteiger partial charge on any atom is 0.410 e. The average Bonchev–Trinajstić information content (AvgIpc) is 2.82. The van der Waals surface area contributed by atoms with Gasteiger partial charge in [0.2, 0.25) is 5.88 Å². The summed E-state index contributed by atoms with van der Waals surface area (Å²) in [5.41, 5.74) is 8.28. The van der Waals surface area contributed by atoms with Crippen molar-refractivity contribution in [1.82, 2.24) is 14.9 Å². The number of carbonyl (C=O) groups is 1. The molecule has 9 nitrogen and oxygen atoms in total. The maximum atomic E-state index is 15.0. The molecule has 180 valence electrons. The molecule has 34 heavy (non-hydrogen) atoms. The van der Waals surface area contributed by atoms with Crippen LogP contribution < -0.4 is 21.1 Å². The summed E-state index contributed by atoms with van der Waals surface area (Å²) in [6.45, 7) is 5.64. The Labute approximate surface area is 197 Å². The SMILES string of the molecule is CN1CCCCC1.Cc1c(-c2cc3cc(NC(=O)O)ncc3c(N)c2F)cnc2c1NCCO2. The third-order valence-electron chi connectivity index (χ3n) is 6.05. The van der Waals surface area contributed by atoms with Crippen molar-refractivity contribution >= 4 is 34.1 Å². The predicted octanol–water partition coefficient (Wildman–Crippen LogP) is 4.32. The van der Waals surface area contributed by atoms with E-state index in [1.54, 1.807) is 12.3 Å². The van der Waals surface area contributed by atoms with Crippen LogP contribution >= 0.6 is 0 Å². The fourth-order valence-electron chi connectivity index (χ4n) is 4.22. The molecule has 5 N–H and O–H groups in total. The topological polar surface area (TPSA) is 126 Å². The highest BCUT2D eigenvalue weighted by molar-refractivity contribution is 5.99. The van der Waals surface area contributed by atoms with E-state index >= 15 is 0 Å². The van der Waals surface area contributed by atoms with Crippen LogP contribution in [0.1, 0.15) is 24.8 Å². The van der Waals surface area contributed by atoms with Gasteiger partial charge in [-0.05, 0) is 63.0 Å². The first-order valence-electron chi connectivity index (χ1n) is 11.3. The maximum absolute atomic E-state index is 15.0. The number of benzene rings is 1. The summed E-state index contributed by atoms with van der Waals surface area (Å²) in [6, 6.07) is 3.11. The van der Waals surface area contributed by atoms with Crippen LogP contribution in [-0.4, -0.2) is 59.4 Å². The number of halogens is 1. The monoisotopic (exact) mass is 468 g/mol. The quantitative estimate of drug-likeness (QED) is 0.410. The van der Waals surface area contributed by atoms with Crippen LogP contribution in [0.5, 0.6) is 5.88 Å². The molecule has 1 aromatic carbocycles. The van der Waals surface area contributed by atoms with Gasteiger partial charge in [0, 0.05) is 35.5 Å². The van der Waals surface area contributed by atoms with Gasteiger partial charge in [-0.3, -0.25) is 5.32 Å². The van der Waals surface area contributed by atoms with E-state index in [4.69, 9.17) is 15.6 Å². The number of amides is 1. The summed E-state index contributed by atoms with van der Waals surface area (Å²) in [5.74, 6) is 0.0287. The lowest BCUT2D eigenvalue weighted by Crippen LogP contribution is -2.24. The molecule has 10 heteroatoms. The fourth-order valence-corrected chi connectivity index (χ4v) is 4.22. The highest BCUT2D eigenvalue weighted by Gasteiger charge is 2.21. The molecule has 1 saturated heterocycles. The highest BCUT2D eigenvalue weighted by atomic mass is 19.1. The number of aromatic nitrogens is 2. The molecular weight excluding hydrogens is 439 g/mol. The van der Waals surface area contributed by atoms with Gasteiger partial charge in [-0.1, -0.05) is 6.42 Å². The van der Waals surface area contributed by atoms with Gasteiger partial charge in [0.25, 0.3) is 0 Å². The zero-order chi connectivity index (χ0) is 24.2. The number of nitrogen functional groups attached to an aromatic ring is 1. The van der Waals surface area contributed by atoms with Crippen LogP contribution in [-0.2, 0) is 0 Å². The van der Waals surface area contributed by atoms with Crippen molar-refractivity contribution in [3.8, 4) is 17.0 Å². The smallest absolute Gasteiger partial charge is 0.410 e. The number of hydrogen-bond acceptors (Lipinski definition) is 7. The molecule has 0 bridgehead atoms. The second-order valence-electron chi connectivity index (χ2n) is 8.49. The predicted molar refractivity (Wildman–Crippen MR) is 131 cm³/mol. The number of anilines is 3. The highest BCUT2D eigenvalue weighted by Crippen LogP contribution is 2.39. The van der Waals surface area contributed by atoms with Gasteiger partial charge in [-0.2, -0.15) is 0 Å². The lowest BCUT2D eigenvalue weighted by atomic mass is 9.97. The largest absolute Gasteiger partial charge is 0.474 e. The Hall–Kier alpha value is -3.66. The molecular formula is C24H29FN6O3. The van der Waals surface area contributed by atoms with Crippen molar-refractivity contribution in [1.29, 1.82) is 0 Å². The van der Waals surface area contributed by atoms with Gasteiger partial charge in [0.1, 0.15) is 18.1 Å². The Bertz CT molecular complexity index is 1210. The molecule has 0 aliphatic carbocycles. The molecule has 0 atom stereocenters. The third-order valence-corrected chi connectivity index (χ3v) is 6.05. The molecule has 2 aromatic heterocycles. The molecule has 3 aromatic rings. The lowest BCUT2D eigenvalue weighted by molar-refractivity contribution is 0.209. The normalized spacial score (nSPS) is 15.4. The number of fused-ring (bicyclic) bond motifs is 2. The first kappa shape index (κ1) is 23.5. The number of carboxylic acid groups (broad SMARTS) is 1. The Morgan fingerprint density at radius 2 is 1.97 bits per heavy atom. The van der Waals surface area contributed by atoms with E-state index in [9.17, 15) is 9.18 Å². The van der Waals surface area contributed by atoms with Crippen molar-refractivity contribution in [3.63, 3.8) is 0 Å². The summed E-state index contributed by atoms with van der Waals surface area (Å²) in [7, 11) is 2.19. The molecule has 1 amide bonds.